The molecule has 0 saturated carbocycles. The molecule has 0 atom stereocenters. The third-order valence-electron chi connectivity index (χ3n) is 3.13. The molecule has 0 bridgehead atoms. The summed E-state index contributed by atoms with van der Waals surface area (Å²) in [4.78, 5) is 22.9. The van der Waals surface area contributed by atoms with E-state index in [1.165, 1.54) is 23.9 Å². The van der Waals surface area contributed by atoms with Crippen LogP contribution in [0.4, 0.5) is 11.4 Å². The average molecular weight is 332 g/mol. The number of ether oxygens (including phenoxy) is 1. The molecule has 2 aromatic rings. The van der Waals surface area contributed by atoms with Gasteiger partial charge in [-0.2, -0.15) is 0 Å². The van der Waals surface area contributed by atoms with E-state index in [9.17, 15) is 14.9 Å². The van der Waals surface area contributed by atoms with Gasteiger partial charge in [0.15, 0.2) is 0 Å². The number of nitrogens with one attached hydrogen (secondary N) is 1. The Labute approximate surface area is 138 Å². The van der Waals surface area contributed by atoms with Crippen molar-refractivity contribution in [1.82, 2.24) is 0 Å². The Balaban J connectivity index is 1.91. The summed E-state index contributed by atoms with van der Waals surface area (Å²) in [5.41, 5.74) is 1.69. The highest BCUT2D eigenvalue weighted by molar-refractivity contribution is 8.00. The van der Waals surface area contributed by atoms with Crippen molar-refractivity contribution in [2.45, 2.75) is 11.8 Å². The van der Waals surface area contributed by atoms with Crippen molar-refractivity contribution in [3.63, 3.8) is 0 Å². The fourth-order valence-corrected chi connectivity index (χ4v) is 2.60. The molecule has 0 fully saturated rings. The van der Waals surface area contributed by atoms with E-state index in [2.05, 4.69) is 5.32 Å². The zero-order valence-electron chi connectivity index (χ0n) is 12.7. The number of amides is 1. The number of aryl methyl sites for hydroxylation is 1. The number of thioether (sulfide) groups is 1. The summed E-state index contributed by atoms with van der Waals surface area (Å²) in [6, 6.07) is 11.5. The van der Waals surface area contributed by atoms with Gasteiger partial charge in [0.25, 0.3) is 5.69 Å². The molecule has 0 aliphatic rings. The Morgan fingerprint density at radius 1 is 1.26 bits per heavy atom. The number of nitro groups is 1. The number of carbonyl (C=O) groups is 1. The molecular weight excluding hydrogens is 316 g/mol. The molecule has 2 aromatic carbocycles. The topological polar surface area (TPSA) is 81.5 Å². The maximum atomic E-state index is 12.0. The Kier molecular flexibility index (Phi) is 5.59. The van der Waals surface area contributed by atoms with Crippen molar-refractivity contribution < 1.29 is 14.5 Å². The third kappa shape index (κ3) is 4.72. The third-order valence-corrected chi connectivity index (χ3v) is 4.14. The molecule has 0 aliphatic carbocycles. The first kappa shape index (κ1) is 16.8. The van der Waals surface area contributed by atoms with Gasteiger partial charge in [0.05, 0.1) is 17.8 Å². The Bertz CT molecular complexity index is 717. The molecule has 0 unspecified atom stereocenters. The highest BCUT2D eigenvalue weighted by Gasteiger charge is 2.08. The molecular formula is C16H16N2O4S. The monoisotopic (exact) mass is 332 g/mol. The number of hydrogen-bond acceptors (Lipinski definition) is 5. The number of nitrogens with zero attached hydrogens (tertiary/aromatic N) is 1. The zero-order chi connectivity index (χ0) is 16.8. The first-order chi connectivity index (χ1) is 11.0. The minimum absolute atomic E-state index is 0.0349. The number of carbonyl (C=O) groups excluding carboxylic acids is 1. The largest absolute Gasteiger partial charge is 0.497 e. The maximum Gasteiger partial charge on any atom is 0.269 e. The van der Waals surface area contributed by atoms with Gasteiger partial charge in [-0.25, -0.2) is 0 Å². The van der Waals surface area contributed by atoms with E-state index in [1.807, 2.05) is 13.0 Å². The highest BCUT2D eigenvalue weighted by atomic mass is 32.2. The van der Waals surface area contributed by atoms with Crippen LogP contribution < -0.4 is 10.1 Å². The lowest BCUT2D eigenvalue weighted by Crippen LogP contribution is -2.14. The SMILES string of the molecule is COc1ccc(NC(=O)CSc2ccc([N+](=O)[O-])cc2)c(C)c1. The first-order valence-electron chi connectivity index (χ1n) is 6.81. The maximum absolute atomic E-state index is 12.0. The quantitative estimate of drug-likeness (QED) is 0.496. The summed E-state index contributed by atoms with van der Waals surface area (Å²) in [7, 11) is 1.59. The standard InChI is InChI=1S/C16H16N2O4S/c1-11-9-13(22-2)5-8-15(11)17-16(19)10-23-14-6-3-12(4-7-14)18(20)21/h3-9H,10H2,1-2H3,(H,17,19). The van der Waals surface area contributed by atoms with Gasteiger partial charge in [0, 0.05) is 22.7 Å². The van der Waals surface area contributed by atoms with Crippen LogP contribution in [0.25, 0.3) is 0 Å². The number of benzene rings is 2. The number of anilines is 1. The predicted molar refractivity (Wildman–Crippen MR) is 90.2 cm³/mol. The number of methoxy groups -OCH3 is 1. The van der Waals surface area contributed by atoms with E-state index in [4.69, 9.17) is 4.74 Å². The van der Waals surface area contributed by atoms with Crippen LogP contribution in [0.3, 0.4) is 0 Å². The molecule has 0 aliphatic heterocycles. The van der Waals surface area contributed by atoms with E-state index in [1.54, 1.807) is 31.4 Å². The highest BCUT2D eigenvalue weighted by Crippen LogP contribution is 2.23. The van der Waals surface area contributed by atoms with Gasteiger partial charge in [-0.3, -0.25) is 14.9 Å². The van der Waals surface area contributed by atoms with Crippen molar-refractivity contribution in [2.75, 3.05) is 18.2 Å². The van der Waals surface area contributed by atoms with Gasteiger partial charge in [-0.1, -0.05) is 0 Å². The zero-order valence-corrected chi connectivity index (χ0v) is 13.6. The number of rotatable bonds is 6. The van der Waals surface area contributed by atoms with Gasteiger partial charge >= 0.3 is 0 Å². The van der Waals surface area contributed by atoms with Crippen LogP contribution in [0.5, 0.6) is 5.75 Å². The van der Waals surface area contributed by atoms with Crippen LogP contribution in [0.2, 0.25) is 0 Å². The van der Waals surface area contributed by atoms with Crippen LogP contribution in [0, 0.1) is 17.0 Å². The van der Waals surface area contributed by atoms with Crippen LogP contribution >= 0.6 is 11.8 Å². The van der Waals surface area contributed by atoms with E-state index in [0.717, 1.165) is 21.9 Å². The van der Waals surface area contributed by atoms with Crippen molar-refractivity contribution in [3.05, 3.63) is 58.1 Å². The smallest absolute Gasteiger partial charge is 0.269 e. The summed E-state index contributed by atoms with van der Waals surface area (Å²) in [6.07, 6.45) is 0. The fourth-order valence-electron chi connectivity index (χ4n) is 1.90. The average Bonchev–Trinajstić information content (AvgIpc) is 2.55. The van der Waals surface area contributed by atoms with Crippen LogP contribution in [0.15, 0.2) is 47.4 Å². The molecule has 7 heteroatoms. The Morgan fingerprint density at radius 3 is 2.52 bits per heavy atom. The van der Waals surface area contributed by atoms with Crippen LogP contribution in [-0.4, -0.2) is 23.7 Å². The van der Waals surface area contributed by atoms with Gasteiger partial charge in [-0.15, -0.1) is 11.8 Å². The second kappa shape index (κ2) is 7.64. The molecule has 0 spiro atoms. The molecule has 6 nitrogen and oxygen atoms in total. The summed E-state index contributed by atoms with van der Waals surface area (Å²) >= 11 is 1.32. The molecule has 120 valence electrons. The predicted octanol–water partition coefficient (Wildman–Crippen LogP) is 3.64. The lowest BCUT2D eigenvalue weighted by Gasteiger charge is -2.09. The first-order valence-corrected chi connectivity index (χ1v) is 7.80. The van der Waals surface area contributed by atoms with Crippen LogP contribution in [0.1, 0.15) is 5.56 Å². The second-order valence-corrected chi connectivity index (χ2v) is 5.82. The lowest BCUT2D eigenvalue weighted by molar-refractivity contribution is -0.384. The van der Waals surface area contributed by atoms with Gasteiger partial charge in [0.1, 0.15) is 5.75 Å². The van der Waals surface area contributed by atoms with Crippen molar-refractivity contribution in [2.24, 2.45) is 0 Å². The van der Waals surface area contributed by atoms with E-state index in [0.29, 0.717) is 0 Å². The van der Waals surface area contributed by atoms with Crippen molar-refractivity contribution in [1.29, 1.82) is 0 Å². The Hall–Kier alpha value is -2.54. The van der Waals surface area contributed by atoms with E-state index >= 15 is 0 Å². The second-order valence-electron chi connectivity index (χ2n) is 4.77. The minimum Gasteiger partial charge on any atom is -0.497 e. The molecule has 0 radical (unpaired) electrons. The number of nitro benzene ring substituents is 1. The van der Waals surface area contributed by atoms with Crippen molar-refractivity contribution in [3.8, 4) is 5.75 Å². The summed E-state index contributed by atoms with van der Waals surface area (Å²) in [6.45, 7) is 1.89. The normalized spacial score (nSPS) is 10.2. The van der Waals surface area contributed by atoms with Gasteiger partial charge in [0.2, 0.25) is 5.91 Å². The molecule has 0 heterocycles. The molecule has 1 N–H and O–H groups in total. The minimum atomic E-state index is -0.451. The lowest BCUT2D eigenvalue weighted by atomic mass is 10.2. The summed E-state index contributed by atoms with van der Waals surface area (Å²) < 4.78 is 5.12. The van der Waals surface area contributed by atoms with Gasteiger partial charge in [-0.05, 0) is 42.8 Å². The molecule has 23 heavy (non-hydrogen) atoms. The molecule has 0 aromatic heterocycles. The molecule has 1 amide bonds. The van der Waals surface area contributed by atoms with Gasteiger partial charge < -0.3 is 10.1 Å². The Morgan fingerprint density at radius 2 is 1.96 bits per heavy atom. The molecule has 0 saturated heterocycles. The van der Waals surface area contributed by atoms with Crippen LogP contribution in [-0.2, 0) is 4.79 Å². The van der Waals surface area contributed by atoms with Crippen molar-refractivity contribution >= 4 is 29.0 Å². The molecule has 2 rings (SSSR count). The number of hydrogen-bond donors (Lipinski definition) is 1. The fraction of sp³-hybridized carbons (Fsp3) is 0.188. The summed E-state index contributed by atoms with van der Waals surface area (Å²) in [5, 5.41) is 13.4. The summed E-state index contributed by atoms with van der Waals surface area (Å²) in [5.74, 6) is 0.825. The van der Waals surface area contributed by atoms with E-state index in [-0.39, 0.29) is 17.3 Å². The number of non-ortho nitro benzene ring substituents is 1. The van der Waals surface area contributed by atoms with E-state index < -0.39 is 4.92 Å².